The molecule has 0 saturated carbocycles. The molecule has 0 bridgehead atoms. The van der Waals surface area contributed by atoms with Gasteiger partial charge in [0.1, 0.15) is 36.6 Å². The molecule has 6 aromatic heterocycles. The van der Waals surface area contributed by atoms with E-state index in [0.717, 1.165) is 125 Å². The predicted octanol–water partition coefficient (Wildman–Crippen LogP) is 20.8. The van der Waals surface area contributed by atoms with Crippen molar-refractivity contribution in [3.05, 3.63) is 229 Å². The Bertz CT molecular complexity index is 5110. The summed E-state index contributed by atoms with van der Waals surface area (Å²) in [5, 5.41) is 23.2. The van der Waals surface area contributed by atoms with Crippen LogP contribution >= 0.6 is 103 Å². The number of halogens is 3. The van der Waals surface area contributed by atoms with Crippen LogP contribution in [0.1, 0.15) is 119 Å². The molecule has 21 heteroatoms. The number of likely N-dealkylation sites (N-methyl/N-ethyl adjacent to an activating group) is 4. The van der Waals surface area contributed by atoms with Gasteiger partial charge in [0, 0.05) is 108 Å². The molecule has 12 heterocycles. The van der Waals surface area contributed by atoms with Crippen molar-refractivity contribution >= 4 is 163 Å². The van der Waals surface area contributed by atoms with Crippen LogP contribution in [0.2, 0.25) is 15.1 Å². The molecule has 13 aromatic rings. The number of hydrogen-bond donors (Lipinski definition) is 6. The first-order valence-corrected chi connectivity index (χ1v) is 42.5. The molecule has 6 aliphatic rings. The Kier molecular flexibility index (Phi) is 27.6. The second kappa shape index (κ2) is 37.1. The summed E-state index contributed by atoms with van der Waals surface area (Å²) in [6, 6.07) is 51.5. The Labute approximate surface area is 661 Å². The molecule has 7 aromatic carbocycles. The summed E-state index contributed by atoms with van der Waals surface area (Å²) >= 11 is 29.9. The van der Waals surface area contributed by atoms with Crippen molar-refractivity contribution in [2.75, 3.05) is 107 Å². The van der Waals surface area contributed by atoms with E-state index >= 15 is 0 Å². The zero-order valence-corrected chi connectivity index (χ0v) is 67.1. The third-order valence-corrected chi connectivity index (χ3v) is 29.2. The van der Waals surface area contributed by atoms with E-state index in [9.17, 15) is 0 Å². The van der Waals surface area contributed by atoms with Gasteiger partial charge in [0.2, 0.25) is 0 Å². The first kappa shape index (κ1) is 78.8. The summed E-state index contributed by atoms with van der Waals surface area (Å²) in [5.74, 6) is 0. The van der Waals surface area contributed by atoms with Crippen LogP contribution in [-0.2, 0) is 66.9 Å². The highest BCUT2D eigenvalue weighted by atomic mass is 35.5. The standard InChI is InChI=1S/C19H19NOS.C14H16ClNOS.C14H17NOS.C13H15NOS.C12H11Cl2NOS.C12H13NOS.CH4/c1-20-12-17-19-15(9-10-21-17)16-11-14(7-8-18(16)22-19)13-5-3-2-4-6-13;1-8-3-4-11-12(13(8)15)9-5-6-17-10(7-16-2)14(9)18-11;1-2-15-9-12-14-11(7-8-16-12)10-5-3-4-6-13(10)17-14;1-14-8-11-13-10(6-7-15-11)9-4-2-3-5-12(9)16-13;13-7-1-2-9-10(11(7)14)6-3-4-16-8(5-15)12(6)17-9;13-7-10-12-9(5-6-14-10)8-3-1-2-4-11(8)15-12;/h2-8,11,17,20H,9-10,12H2,1H3;3-4,10,16H,5-7H2,1-2H3;3-6,12,15H,2,7-9H2,1H3;2-5,11,14H,6-8H2,1H3;1-2,8H,3-5,15H2;1-4,10H,5-7,13H2;1H4. The average Bonchev–Trinajstić information content (AvgIpc) is 1.63. The topological polar surface area (TPSA) is 156 Å². The highest BCUT2D eigenvalue weighted by Gasteiger charge is 2.31. The summed E-state index contributed by atoms with van der Waals surface area (Å²) < 4.78 is 42.8. The minimum Gasteiger partial charge on any atom is -0.371 e. The number of hydrogen-bond acceptors (Lipinski definition) is 18. The van der Waals surface area contributed by atoms with Crippen molar-refractivity contribution in [3.63, 3.8) is 0 Å². The van der Waals surface area contributed by atoms with E-state index in [2.05, 4.69) is 169 Å². The van der Waals surface area contributed by atoms with Gasteiger partial charge in [-0.05, 0) is 193 Å². The van der Waals surface area contributed by atoms with Crippen LogP contribution in [0.5, 0.6) is 0 Å². The molecular weight excluding hydrogens is 1500 g/mol. The van der Waals surface area contributed by atoms with Crippen LogP contribution in [0.25, 0.3) is 71.6 Å². The lowest BCUT2D eigenvalue weighted by atomic mass is 9.99. The maximum absolute atomic E-state index is 6.48. The molecule has 0 fully saturated rings. The van der Waals surface area contributed by atoms with Crippen LogP contribution in [0.4, 0.5) is 0 Å². The Balaban J connectivity index is 0.000000113. The first-order chi connectivity index (χ1) is 51.5. The smallest absolute Gasteiger partial charge is 0.104 e. The van der Waals surface area contributed by atoms with Crippen LogP contribution in [0.15, 0.2) is 146 Å². The Morgan fingerprint density at radius 1 is 0.368 bits per heavy atom. The van der Waals surface area contributed by atoms with Gasteiger partial charge in [-0.15, -0.1) is 68.0 Å². The highest BCUT2D eigenvalue weighted by molar-refractivity contribution is 7.21. The van der Waals surface area contributed by atoms with E-state index in [0.29, 0.717) is 29.7 Å². The van der Waals surface area contributed by atoms with Crippen molar-refractivity contribution in [1.29, 1.82) is 0 Å². The van der Waals surface area contributed by atoms with Crippen molar-refractivity contribution in [3.8, 4) is 11.1 Å². The largest absolute Gasteiger partial charge is 0.371 e. The van der Waals surface area contributed by atoms with Crippen molar-refractivity contribution in [1.82, 2.24) is 21.3 Å². The number of rotatable bonds is 12. The number of benzene rings is 7. The lowest BCUT2D eigenvalue weighted by molar-refractivity contribution is 0.0462. The molecule has 558 valence electrons. The maximum Gasteiger partial charge on any atom is 0.104 e. The molecule has 12 nitrogen and oxygen atoms in total. The Morgan fingerprint density at radius 2 is 0.708 bits per heavy atom. The molecule has 6 atom stereocenters. The van der Waals surface area contributed by atoms with Gasteiger partial charge < -0.3 is 61.2 Å². The van der Waals surface area contributed by atoms with Crippen LogP contribution < -0.4 is 32.7 Å². The van der Waals surface area contributed by atoms with Gasteiger partial charge in [-0.3, -0.25) is 0 Å². The summed E-state index contributed by atoms with van der Waals surface area (Å²) in [7, 11) is 5.92. The van der Waals surface area contributed by atoms with Crippen LogP contribution in [0.3, 0.4) is 0 Å². The van der Waals surface area contributed by atoms with E-state index in [1.807, 2.05) is 90.0 Å². The monoisotopic (exact) mass is 1590 g/mol. The molecule has 0 spiro atoms. The van der Waals surface area contributed by atoms with Gasteiger partial charge in [-0.25, -0.2) is 0 Å². The number of fused-ring (bicyclic) bond motifs is 18. The third kappa shape index (κ3) is 17.0. The molecule has 0 radical (unpaired) electrons. The molecule has 0 aliphatic carbocycles. The fourth-order valence-corrected chi connectivity index (χ4v) is 23.7. The molecule has 6 unspecified atom stereocenters. The van der Waals surface area contributed by atoms with Crippen LogP contribution in [-0.4, -0.2) is 107 Å². The van der Waals surface area contributed by atoms with E-state index < -0.39 is 0 Å². The molecule has 6 aliphatic heterocycles. The lowest BCUT2D eigenvalue weighted by Crippen LogP contribution is -2.26. The van der Waals surface area contributed by atoms with Crippen LogP contribution in [0, 0.1) is 6.92 Å². The van der Waals surface area contributed by atoms with Gasteiger partial charge in [0.05, 0.1) is 54.7 Å². The third-order valence-electron chi connectivity index (χ3n) is 20.1. The zero-order valence-electron chi connectivity index (χ0n) is 59.9. The maximum atomic E-state index is 6.48. The fraction of sp³-hybridized carbons (Fsp3) is 0.365. The predicted molar refractivity (Wildman–Crippen MR) is 456 cm³/mol. The lowest BCUT2D eigenvalue weighted by Gasteiger charge is -2.23. The van der Waals surface area contributed by atoms with E-state index in [-0.39, 0.29) is 44.1 Å². The summed E-state index contributed by atoms with van der Waals surface area (Å²) in [5.41, 5.74) is 23.8. The van der Waals surface area contributed by atoms with E-state index in [4.69, 9.17) is 74.7 Å². The van der Waals surface area contributed by atoms with Crippen molar-refractivity contribution in [2.45, 2.75) is 96.4 Å². The fourth-order valence-electron chi connectivity index (χ4n) is 15.0. The van der Waals surface area contributed by atoms with Gasteiger partial charge >= 0.3 is 0 Å². The van der Waals surface area contributed by atoms with E-state index in [1.54, 1.807) is 11.3 Å². The second-order valence-electron chi connectivity index (χ2n) is 26.6. The molecule has 19 rings (SSSR count). The second-order valence-corrected chi connectivity index (χ2v) is 34.3. The number of nitrogens with one attached hydrogen (secondary N) is 4. The number of ether oxygens (including phenoxy) is 6. The Morgan fingerprint density at radius 3 is 1.15 bits per heavy atom. The number of thiophene rings is 6. The van der Waals surface area contributed by atoms with Crippen molar-refractivity contribution < 1.29 is 28.4 Å². The van der Waals surface area contributed by atoms with Gasteiger partial charge in [0.25, 0.3) is 0 Å². The normalized spacial score (nSPS) is 19.1. The molecule has 0 amide bonds. The summed E-state index contributed by atoms with van der Waals surface area (Å²) in [4.78, 5) is 8.14. The van der Waals surface area contributed by atoms with E-state index in [1.165, 1.54) is 124 Å². The average molecular weight is 1600 g/mol. The highest BCUT2D eigenvalue weighted by Crippen LogP contribution is 2.48. The van der Waals surface area contributed by atoms with Gasteiger partial charge in [0.15, 0.2) is 0 Å². The molecule has 106 heavy (non-hydrogen) atoms. The molecule has 8 N–H and O–H groups in total. The first-order valence-electron chi connectivity index (χ1n) is 36.5. The summed E-state index contributed by atoms with van der Waals surface area (Å²) in [6.45, 7) is 14.7. The van der Waals surface area contributed by atoms with Gasteiger partial charge in [-0.1, -0.05) is 146 Å². The van der Waals surface area contributed by atoms with Gasteiger partial charge in [-0.2, -0.15) is 0 Å². The van der Waals surface area contributed by atoms with Crippen molar-refractivity contribution in [2.24, 2.45) is 11.5 Å². The zero-order chi connectivity index (χ0) is 72.5. The number of aryl methyl sites for hydroxylation is 1. The SMILES string of the molecule is C.CCNCC1OCCc2c1sc1ccccc21.CNCC1OCCc2c1sc1ccc(-c3ccccc3)cc21.CNCC1OCCc2c1sc1ccc(C)c(Cl)c21.CNCC1OCCc2c1sc1ccccc21.NCC1OCCc2c1sc1ccc(Cl)c(Cl)c21.NCC1OCCc2c1sc1ccccc21. The minimum absolute atomic E-state index is 0. The minimum atomic E-state index is 0. The number of nitrogens with two attached hydrogens (primary N) is 2. The summed E-state index contributed by atoms with van der Waals surface area (Å²) in [6.07, 6.45) is 6.99. The Hall–Kier alpha value is -5.31. The molecular formula is C85H95Cl3N6O6S6. The quantitative estimate of drug-likeness (QED) is 0.0690. The molecule has 0 saturated heterocycles.